The molecule has 0 aliphatic rings. The molecule has 1 N–H and O–H groups in total. The van der Waals surface area contributed by atoms with E-state index in [1.54, 1.807) is 14.0 Å². The van der Waals surface area contributed by atoms with Crippen molar-refractivity contribution >= 4 is 11.9 Å². The minimum Gasteiger partial charge on any atom is -0.469 e. The van der Waals surface area contributed by atoms with Gasteiger partial charge in [0.15, 0.2) is 0 Å². The molecule has 0 aliphatic heterocycles. The van der Waals surface area contributed by atoms with Crippen molar-refractivity contribution in [3.05, 3.63) is 0 Å². The van der Waals surface area contributed by atoms with Gasteiger partial charge in [0, 0.05) is 26.6 Å². The monoisotopic (exact) mass is 231 g/mol. The Hall–Kier alpha value is -1.10. The number of ether oxygens (including phenoxy) is 1. The minimum absolute atomic E-state index is 0.01000. The number of hydrogen-bond acceptors (Lipinski definition) is 4. The Morgan fingerprint density at radius 1 is 1.38 bits per heavy atom. The SMILES string of the molecule is COC(=O)C(C)CN(C)C(=O)CCCCO. The number of methoxy groups -OCH3 is 1. The highest BCUT2D eigenvalue weighted by atomic mass is 16.5. The first-order valence-corrected chi connectivity index (χ1v) is 5.45. The Labute approximate surface area is 96.4 Å². The Bertz CT molecular complexity index is 230. The quantitative estimate of drug-likeness (QED) is 0.509. The lowest BCUT2D eigenvalue weighted by Gasteiger charge is -2.20. The van der Waals surface area contributed by atoms with Gasteiger partial charge in [0.1, 0.15) is 0 Å². The molecule has 5 heteroatoms. The number of amides is 1. The third kappa shape index (κ3) is 5.70. The summed E-state index contributed by atoms with van der Waals surface area (Å²) in [5, 5.41) is 8.58. The highest BCUT2D eigenvalue weighted by Gasteiger charge is 2.18. The van der Waals surface area contributed by atoms with E-state index in [1.807, 2.05) is 0 Å². The number of unbranched alkanes of at least 4 members (excludes halogenated alkanes) is 1. The van der Waals surface area contributed by atoms with Crippen molar-refractivity contribution in [2.45, 2.75) is 26.2 Å². The van der Waals surface area contributed by atoms with Crippen molar-refractivity contribution in [3.8, 4) is 0 Å². The molecular weight excluding hydrogens is 210 g/mol. The molecule has 16 heavy (non-hydrogen) atoms. The molecule has 0 fully saturated rings. The molecule has 0 saturated carbocycles. The molecule has 0 rings (SSSR count). The van der Waals surface area contributed by atoms with Crippen LogP contribution in [-0.2, 0) is 14.3 Å². The fourth-order valence-electron chi connectivity index (χ4n) is 1.37. The number of hydrogen-bond donors (Lipinski definition) is 1. The smallest absolute Gasteiger partial charge is 0.310 e. The van der Waals surface area contributed by atoms with Crippen LogP contribution in [0.3, 0.4) is 0 Å². The second-order valence-corrected chi connectivity index (χ2v) is 3.88. The summed E-state index contributed by atoms with van der Waals surface area (Å²) in [7, 11) is 3.00. The van der Waals surface area contributed by atoms with Crippen molar-refractivity contribution in [3.63, 3.8) is 0 Å². The molecule has 0 aromatic heterocycles. The van der Waals surface area contributed by atoms with Gasteiger partial charge in [-0.25, -0.2) is 0 Å². The Morgan fingerprint density at radius 3 is 2.50 bits per heavy atom. The van der Waals surface area contributed by atoms with Gasteiger partial charge in [-0.3, -0.25) is 9.59 Å². The maximum Gasteiger partial charge on any atom is 0.310 e. The summed E-state index contributed by atoms with van der Waals surface area (Å²) < 4.78 is 4.58. The van der Waals surface area contributed by atoms with Crippen LogP contribution in [0.2, 0.25) is 0 Å². The predicted molar refractivity (Wildman–Crippen MR) is 59.8 cm³/mol. The topological polar surface area (TPSA) is 66.8 Å². The standard InChI is InChI=1S/C11H21NO4/c1-9(11(15)16-3)8-12(2)10(14)6-4-5-7-13/h9,13H,4-8H2,1-3H3. The molecule has 1 unspecified atom stereocenters. The molecule has 1 atom stereocenters. The molecule has 0 aromatic carbocycles. The number of aliphatic hydroxyl groups is 1. The van der Waals surface area contributed by atoms with Gasteiger partial charge in [0.25, 0.3) is 0 Å². The summed E-state index contributed by atoms with van der Waals surface area (Å²) in [6.45, 7) is 2.20. The zero-order chi connectivity index (χ0) is 12.6. The van der Waals surface area contributed by atoms with Crippen molar-refractivity contribution in [2.75, 3.05) is 27.3 Å². The normalized spacial score (nSPS) is 12.0. The summed E-state index contributed by atoms with van der Waals surface area (Å²) in [6.07, 6.45) is 1.71. The summed E-state index contributed by atoms with van der Waals surface area (Å²) in [4.78, 5) is 24.2. The average molecular weight is 231 g/mol. The van der Waals surface area contributed by atoms with Crippen LogP contribution in [0.5, 0.6) is 0 Å². The molecule has 1 amide bonds. The fourth-order valence-corrected chi connectivity index (χ4v) is 1.37. The second-order valence-electron chi connectivity index (χ2n) is 3.88. The van der Waals surface area contributed by atoms with Crippen LogP contribution in [0.4, 0.5) is 0 Å². The lowest BCUT2D eigenvalue weighted by Crippen LogP contribution is -2.34. The van der Waals surface area contributed by atoms with Crippen molar-refractivity contribution in [1.29, 1.82) is 0 Å². The lowest BCUT2D eigenvalue weighted by atomic mass is 10.1. The van der Waals surface area contributed by atoms with Gasteiger partial charge in [-0.2, -0.15) is 0 Å². The zero-order valence-corrected chi connectivity index (χ0v) is 10.2. The molecule has 5 nitrogen and oxygen atoms in total. The molecule has 0 saturated heterocycles. The van der Waals surface area contributed by atoms with Crippen LogP contribution in [0.25, 0.3) is 0 Å². The van der Waals surface area contributed by atoms with E-state index < -0.39 is 0 Å². The molecule has 94 valence electrons. The summed E-state index contributed by atoms with van der Waals surface area (Å²) >= 11 is 0. The van der Waals surface area contributed by atoms with Gasteiger partial charge in [-0.15, -0.1) is 0 Å². The van der Waals surface area contributed by atoms with Crippen molar-refractivity contribution < 1.29 is 19.4 Å². The number of nitrogens with zero attached hydrogens (tertiary/aromatic N) is 1. The average Bonchev–Trinajstić information content (AvgIpc) is 2.27. The highest BCUT2D eigenvalue weighted by molar-refractivity contribution is 5.77. The molecule has 0 bridgehead atoms. The van der Waals surface area contributed by atoms with Gasteiger partial charge in [0.2, 0.25) is 5.91 Å². The van der Waals surface area contributed by atoms with Crippen LogP contribution >= 0.6 is 0 Å². The van der Waals surface area contributed by atoms with Crippen molar-refractivity contribution in [1.82, 2.24) is 4.90 Å². The van der Waals surface area contributed by atoms with Crippen LogP contribution in [-0.4, -0.2) is 49.2 Å². The van der Waals surface area contributed by atoms with E-state index in [1.165, 1.54) is 12.0 Å². The second kappa shape index (κ2) is 8.10. The summed E-state index contributed by atoms with van der Waals surface area (Å²) in [6, 6.07) is 0. The van der Waals surface area contributed by atoms with Gasteiger partial charge in [-0.05, 0) is 12.8 Å². The van der Waals surface area contributed by atoms with Gasteiger partial charge in [0.05, 0.1) is 13.0 Å². The van der Waals surface area contributed by atoms with Crippen molar-refractivity contribution in [2.24, 2.45) is 5.92 Å². The Morgan fingerprint density at radius 2 is 2.00 bits per heavy atom. The first kappa shape index (κ1) is 14.9. The predicted octanol–water partition coefficient (Wildman–Crippen LogP) is 0.416. The van der Waals surface area contributed by atoms with E-state index in [0.29, 0.717) is 25.8 Å². The van der Waals surface area contributed by atoms with Crippen LogP contribution in [0.1, 0.15) is 26.2 Å². The number of esters is 1. The first-order chi connectivity index (χ1) is 7.52. The minimum atomic E-state index is -0.310. The maximum absolute atomic E-state index is 11.6. The first-order valence-electron chi connectivity index (χ1n) is 5.45. The Balaban J connectivity index is 3.90. The van der Waals surface area contributed by atoms with Crippen LogP contribution < -0.4 is 0 Å². The fraction of sp³-hybridized carbons (Fsp3) is 0.818. The molecular formula is C11H21NO4. The molecule has 0 aliphatic carbocycles. The Kier molecular flexibility index (Phi) is 7.54. The lowest BCUT2D eigenvalue weighted by molar-refractivity contribution is -0.146. The number of aliphatic hydroxyl groups excluding tert-OH is 1. The third-order valence-electron chi connectivity index (χ3n) is 2.38. The molecule has 0 radical (unpaired) electrons. The van der Waals surface area contributed by atoms with Crippen LogP contribution in [0.15, 0.2) is 0 Å². The zero-order valence-electron chi connectivity index (χ0n) is 10.2. The molecule has 0 heterocycles. The van der Waals surface area contributed by atoms with Gasteiger partial charge < -0.3 is 14.7 Å². The summed E-state index contributed by atoms with van der Waals surface area (Å²) in [5.41, 5.74) is 0. The number of carbonyl (C=O) groups is 2. The van der Waals surface area contributed by atoms with E-state index >= 15 is 0 Å². The van der Waals surface area contributed by atoms with E-state index in [0.717, 1.165) is 0 Å². The summed E-state index contributed by atoms with van der Waals surface area (Å²) in [5.74, 6) is -0.629. The number of rotatable bonds is 7. The van der Waals surface area contributed by atoms with E-state index in [9.17, 15) is 9.59 Å². The maximum atomic E-state index is 11.6. The van der Waals surface area contributed by atoms with Gasteiger partial charge >= 0.3 is 5.97 Å². The molecule has 0 aromatic rings. The van der Waals surface area contributed by atoms with Crippen LogP contribution in [0, 0.1) is 5.92 Å². The van der Waals surface area contributed by atoms with Gasteiger partial charge in [-0.1, -0.05) is 6.92 Å². The van der Waals surface area contributed by atoms with E-state index in [2.05, 4.69) is 4.74 Å². The number of carbonyl (C=O) groups excluding carboxylic acids is 2. The van der Waals surface area contributed by atoms with E-state index in [-0.39, 0.29) is 24.4 Å². The molecule has 0 spiro atoms. The van der Waals surface area contributed by atoms with E-state index in [4.69, 9.17) is 5.11 Å². The highest BCUT2D eigenvalue weighted by Crippen LogP contribution is 2.04. The largest absolute Gasteiger partial charge is 0.469 e. The third-order valence-corrected chi connectivity index (χ3v) is 2.38.